The topological polar surface area (TPSA) is 12.0 Å². The third kappa shape index (κ3) is 2.46. The Hall–Kier alpha value is -2.84. The zero-order valence-electron chi connectivity index (χ0n) is 14.8. The number of nitrogens with one attached hydrogen (secondary N) is 1. The summed E-state index contributed by atoms with van der Waals surface area (Å²) in [6, 6.07) is 26.3. The highest BCUT2D eigenvalue weighted by Crippen LogP contribution is 2.42. The zero-order chi connectivity index (χ0) is 17.7. The molecule has 26 heavy (non-hydrogen) atoms. The van der Waals surface area contributed by atoms with E-state index in [4.69, 9.17) is 0 Å². The molecule has 0 radical (unpaired) electrons. The van der Waals surface area contributed by atoms with E-state index < -0.39 is 0 Å². The van der Waals surface area contributed by atoms with Crippen molar-refractivity contribution in [2.45, 2.75) is 13.8 Å². The predicted molar refractivity (Wildman–Crippen MR) is 116 cm³/mol. The van der Waals surface area contributed by atoms with Crippen LogP contribution in [0.2, 0.25) is 0 Å². The number of thiophene rings is 1. The summed E-state index contributed by atoms with van der Waals surface area (Å²) in [4.78, 5) is 0. The first-order valence-corrected chi connectivity index (χ1v) is 9.69. The molecule has 1 heterocycles. The Bertz CT molecular complexity index is 1260. The molecule has 0 aliphatic heterocycles. The van der Waals surface area contributed by atoms with Crippen molar-refractivity contribution in [1.29, 1.82) is 0 Å². The number of hydrogen-bond donors (Lipinski definition) is 1. The van der Waals surface area contributed by atoms with Gasteiger partial charge in [0.2, 0.25) is 0 Å². The van der Waals surface area contributed by atoms with Crippen LogP contribution in [0.3, 0.4) is 0 Å². The van der Waals surface area contributed by atoms with Gasteiger partial charge < -0.3 is 5.32 Å². The highest BCUT2D eigenvalue weighted by molar-refractivity contribution is 7.26. The smallest absolute Gasteiger partial charge is 0.0590 e. The molecule has 0 aliphatic rings. The second-order valence-electron chi connectivity index (χ2n) is 6.95. The number of anilines is 2. The van der Waals surface area contributed by atoms with Crippen molar-refractivity contribution in [2.24, 2.45) is 0 Å². The molecule has 1 nitrogen and oxygen atoms in total. The van der Waals surface area contributed by atoms with Gasteiger partial charge in [0.25, 0.3) is 0 Å². The maximum Gasteiger partial charge on any atom is 0.0590 e. The van der Waals surface area contributed by atoms with Crippen LogP contribution in [0.15, 0.2) is 72.8 Å². The van der Waals surface area contributed by atoms with Gasteiger partial charge >= 0.3 is 0 Å². The summed E-state index contributed by atoms with van der Waals surface area (Å²) < 4.78 is 2.66. The van der Waals surface area contributed by atoms with E-state index >= 15 is 0 Å². The number of aryl methyl sites for hydroxylation is 2. The van der Waals surface area contributed by atoms with E-state index in [0.29, 0.717) is 0 Å². The molecule has 0 unspecified atom stereocenters. The molecular formula is C24H19NS. The second kappa shape index (κ2) is 5.86. The van der Waals surface area contributed by atoms with Crippen molar-refractivity contribution in [3.05, 3.63) is 83.9 Å². The highest BCUT2D eigenvalue weighted by Gasteiger charge is 2.11. The van der Waals surface area contributed by atoms with E-state index in [1.54, 1.807) is 0 Å². The first-order valence-electron chi connectivity index (χ1n) is 8.87. The van der Waals surface area contributed by atoms with Crippen LogP contribution in [0.1, 0.15) is 11.1 Å². The van der Waals surface area contributed by atoms with Crippen molar-refractivity contribution >= 4 is 53.7 Å². The van der Waals surface area contributed by atoms with Crippen molar-refractivity contribution in [1.82, 2.24) is 0 Å². The quantitative estimate of drug-likeness (QED) is 0.345. The van der Waals surface area contributed by atoms with Crippen LogP contribution < -0.4 is 5.32 Å². The van der Waals surface area contributed by atoms with Gasteiger partial charge in [-0.2, -0.15) is 0 Å². The third-order valence-corrected chi connectivity index (χ3v) is 6.09. The Balaban J connectivity index is 1.75. The van der Waals surface area contributed by atoms with Crippen molar-refractivity contribution in [3.63, 3.8) is 0 Å². The lowest BCUT2D eigenvalue weighted by atomic mass is 10.0. The Kier molecular flexibility index (Phi) is 3.47. The second-order valence-corrected chi connectivity index (χ2v) is 8.00. The van der Waals surface area contributed by atoms with Gasteiger partial charge in [-0.25, -0.2) is 0 Å². The number of hydrogen-bond acceptors (Lipinski definition) is 2. The van der Waals surface area contributed by atoms with E-state index in [-0.39, 0.29) is 0 Å². The molecule has 2 heteroatoms. The van der Waals surface area contributed by atoms with E-state index in [9.17, 15) is 0 Å². The fourth-order valence-electron chi connectivity index (χ4n) is 3.87. The van der Waals surface area contributed by atoms with E-state index in [1.165, 1.54) is 47.8 Å². The maximum atomic E-state index is 3.65. The Morgan fingerprint density at radius 1 is 0.731 bits per heavy atom. The standard InChI is InChI=1S/C24H19NS/c1-15-12-16(2)14-18(13-15)25-21-9-5-8-20-23-19-7-4-3-6-17(19)10-11-22(23)26-24(20)21/h3-14,25H,1-2H3. The van der Waals surface area contributed by atoms with Gasteiger partial charge in [0, 0.05) is 21.2 Å². The molecule has 4 aromatic carbocycles. The number of benzene rings is 4. The molecule has 126 valence electrons. The number of rotatable bonds is 2. The minimum Gasteiger partial charge on any atom is -0.354 e. The summed E-state index contributed by atoms with van der Waals surface area (Å²) in [5.74, 6) is 0. The molecule has 0 saturated heterocycles. The van der Waals surface area contributed by atoms with Crippen LogP contribution in [0, 0.1) is 13.8 Å². The highest BCUT2D eigenvalue weighted by atomic mass is 32.1. The minimum absolute atomic E-state index is 1.15. The first-order chi connectivity index (χ1) is 12.7. The summed E-state index contributed by atoms with van der Waals surface area (Å²) in [6.45, 7) is 4.29. The lowest BCUT2D eigenvalue weighted by Gasteiger charge is -2.10. The summed E-state index contributed by atoms with van der Waals surface area (Å²) >= 11 is 1.87. The first kappa shape index (κ1) is 15.4. The molecule has 0 bridgehead atoms. The zero-order valence-corrected chi connectivity index (χ0v) is 15.7. The Morgan fingerprint density at radius 2 is 1.50 bits per heavy atom. The normalized spacial score (nSPS) is 11.5. The molecule has 5 aromatic rings. The monoisotopic (exact) mass is 353 g/mol. The molecular weight excluding hydrogens is 334 g/mol. The SMILES string of the molecule is Cc1cc(C)cc(Nc2cccc3c2sc2ccc4ccccc4c23)c1. The average Bonchev–Trinajstić information content (AvgIpc) is 3.01. The summed E-state index contributed by atoms with van der Waals surface area (Å²) in [5, 5.41) is 8.98. The van der Waals surface area contributed by atoms with Gasteiger partial charge in [-0.1, -0.05) is 48.5 Å². The average molecular weight is 353 g/mol. The van der Waals surface area contributed by atoms with Gasteiger partial charge in [0.1, 0.15) is 0 Å². The van der Waals surface area contributed by atoms with Crippen LogP contribution in [-0.2, 0) is 0 Å². The van der Waals surface area contributed by atoms with Crippen LogP contribution in [0.5, 0.6) is 0 Å². The van der Waals surface area contributed by atoms with Crippen LogP contribution in [0.4, 0.5) is 11.4 Å². The molecule has 1 aromatic heterocycles. The lowest BCUT2D eigenvalue weighted by Crippen LogP contribution is -1.91. The third-order valence-electron chi connectivity index (χ3n) is 4.89. The summed E-state index contributed by atoms with van der Waals surface area (Å²) in [5.41, 5.74) is 4.89. The largest absolute Gasteiger partial charge is 0.354 e. The Labute approximate surface area is 156 Å². The predicted octanol–water partition coefficient (Wildman–Crippen LogP) is 7.57. The maximum absolute atomic E-state index is 3.65. The molecule has 5 rings (SSSR count). The lowest BCUT2D eigenvalue weighted by molar-refractivity contribution is 1.38. The van der Waals surface area contributed by atoms with Crippen molar-refractivity contribution in [3.8, 4) is 0 Å². The molecule has 1 N–H and O–H groups in total. The molecule has 0 spiro atoms. The van der Waals surface area contributed by atoms with Gasteiger partial charge in [-0.05, 0) is 60.0 Å². The van der Waals surface area contributed by atoms with Crippen LogP contribution in [-0.4, -0.2) is 0 Å². The fraction of sp³-hybridized carbons (Fsp3) is 0.0833. The van der Waals surface area contributed by atoms with E-state index in [0.717, 1.165) is 5.69 Å². The van der Waals surface area contributed by atoms with Gasteiger partial charge in [0.05, 0.1) is 10.4 Å². The summed E-state index contributed by atoms with van der Waals surface area (Å²) in [6.07, 6.45) is 0. The fourth-order valence-corrected chi connectivity index (χ4v) is 5.06. The van der Waals surface area contributed by atoms with Crippen LogP contribution >= 0.6 is 11.3 Å². The van der Waals surface area contributed by atoms with Crippen molar-refractivity contribution in [2.75, 3.05) is 5.32 Å². The van der Waals surface area contributed by atoms with E-state index in [1.807, 2.05) is 11.3 Å². The van der Waals surface area contributed by atoms with Crippen molar-refractivity contribution < 1.29 is 0 Å². The van der Waals surface area contributed by atoms with Gasteiger partial charge in [-0.15, -0.1) is 11.3 Å². The van der Waals surface area contributed by atoms with E-state index in [2.05, 4.69) is 92.0 Å². The van der Waals surface area contributed by atoms with Gasteiger partial charge in [0.15, 0.2) is 0 Å². The van der Waals surface area contributed by atoms with Crippen LogP contribution in [0.25, 0.3) is 30.9 Å². The Morgan fingerprint density at radius 3 is 2.35 bits per heavy atom. The van der Waals surface area contributed by atoms with Gasteiger partial charge in [-0.3, -0.25) is 0 Å². The molecule has 0 amide bonds. The molecule has 0 saturated carbocycles. The summed E-state index contributed by atoms with van der Waals surface area (Å²) in [7, 11) is 0. The number of fused-ring (bicyclic) bond motifs is 5. The molecule has 0 aliphatic carbocycles. The molecule has 0 fully saturated rings. The minimum atomic E-state index is 1.15. The molecule has 0 atom stereocenters.